The monoisotopic (exact) mass is 629 g/mol. The van der Waals surface area contributed by atoms with E-state index in [1.807, 2.05) is 0 Å². The highest BCUT2D eigenvalue weighted by Gasteiger charge is 2.31. The van der Waals surface area contributed by atoms with Gasteiger partial charge >= 0.3 is 0 Å². The quantitative estimate of drug-likeness (QED) is 0.271. The first kappa shape index (κ1) is 32.2. The summed E-state index contributed by atoms with van der Waals surface area (Å²) in [7, 11) is 0. The van der Waals surface area contributed by atoms with Crippen molar-refractivity contribution >= 4 is 29.6 Å². The first-order chi connectivity index (χ1) is 22.1. The van der Waals surface area contributed by atoms with Crippen LogP contribution in [0, 0.1) is 5.92 Å². The lowest BCUT2D eigenvalue weighted by Gasteiger charge is -2.33. The van der Waals surface area contributed by atoms with E-state index in [0.717, 1.165) is 5.56 Å². The van der Waals surface area contributed by atoms with Gasteiger partial charge in [-0.3, -0.25) is 19.2 Å². The van der Waals surface area contributed by atoms with Crippen molar-refractivity contribution in [2.45, 2.75) is 64.2 Å². The zero-order valence-corrected chi connectivity index (χ0v) is 26.0. The minimum atomic E-state index is -1.01. The summed E-state index contributed by atoms with van der Waals surface area (Å²) in [6, 6.07) is 10.0. The number of anilines is 1. The third kappa shape index (κ3) is 7.89. The van der Waals surface area contributed by atoms with Gasteiger partial charge in [-0.2, -0.15) is 0 Å². The van der Waals surface area contributed by atoms with Crippen molar-refractivity contribution in [2.24, 2.45) is 5.92 Å². The van der Waals surface area contributed by atoms with E-state index in [4.69, 9.17) is 4.74 Å². The summed E-state index contributed by atoms with van der Waals surface area (Å²) in [6.07, 6.45) is 4.96. The minimum Gasteiger partial charge on any atom is -0.507 e. The maximum absolute atomic E-state index is 13.6. The van der Waals surface area contributed by atoms with Gasteiger partial charge in [-0.25, -0.2) is 9.97 Å². The second-order valence-corrected chi connectivity index (χ2v) is 11.9. The van der Waals surface area contributed by atoms with Gasteiger partial charge < -0.3 is 36.0 Å². The van der Waals surface area contributed by atoms with Crippen molar-refractivity contribution < 1.29 is 29.0 Å². The molecule has 4 heterocycles. The van der Waals surface area contributed by atoms with Crippen LogP contribution in [0.2, 0.25) is 0 Å². The molecule has 0 saturated carbocycles. The van der Waals surface area contributed by atoms with Gasteiger partial charge in [0.05, 0.1) is 5.56 Å². The largest absolute Gasteiger partial charge is 0.507 e. The normalized spacial score (nSPS) is 21.3. The van der Waals surface area contributed by atoms with E-state index in [1.54, 1.807) is 56.6 Å². The average Bonchev–Trinajstić information content (AvgIpc) is 3.05. The fourth-order valence-corrected chi connectivity index (χ4v) is 5.43. The number of hydrogen-bond acceptors (Lipinski definition) is 9. The summed E-state index contributed by atoms with van der Waals surface area (Å²) in [5.41, 5.74) is 0.708. The van der Waals surface area contributed by atoms with E-state index in [2.05, 4.69) is 36.1 Å². The predicted molar refractivity (Wildman–Crippen MR) is 169 cm³/mol. The van der Waals surface area contributed by atoms with Crippen LogP contribution in [0.3, 0.4) is 0 Å². The Kier molecular flexibility index (Phi) is 9.99. The Balaban J connectivity index is 1.36. The Hall–Kier alpha value is -5.20. The number of benzene rings is 2. The number of hydrogen-bond donors (Lipinski definition) is 5. The van der Waals surface area contributed by atoms with Crippen molar-refractivity contribution in [2.75, 3.05) is 18.0 Å². The molecule has 6 rings (SSSR count). The molecule has 1 saturated heterocycles. The summed E-state index contributed by atoms with van der Waals surface area (Å²) in [6.45, 7) is 6.37. The number of piperidine rings is 1. The zero-order chi connectivity index (χ0) is 32.8. The van der Waals surface area contributed by atoms with Gasteiger partial charge in [0.25, 0.3) is 5.91 Å². The van der Waals surface area contributed by atoms with Crippen LogP contribution < -0.4 is 30.9 Å². The molecule has 242 valence electrons. The summed E-state index contributed by atoms with van der Waals surface area (Å²) in [5, 5.41) is 21.6. The molecule has 0 radical (unpaired) electrons. The lowest BCUT2D eigenvalue weighted by molar-refractivity contribution is -0.132. The summed E-state index contributed by atoms with van der Waals surface area (Å²) >= 11 is 0. The molecule has 0 aliphatic carbocycles. The highest BCUT2D eigenvalue weighted by molar-refractivity contribution is 6.00. The Morgan fingerprint density at radius 3 is 2.30 bits per heavy atom. The molecule has 3 aromatic rings. The second-order valence-electron chi connectivity index (χ2n) is 11.9. The molecule has 5 N–H and O–H groups in total. The Morgan fingerprint density at radius 2 is 1.63 bits per heavy atom. The predicted octanol–water partition coefficient (Wildman–Crippen LogP) is 2.06. The molecule has 13 heteroatoms. The Labute approximate surface area is 267 Å². The van der Waals surface area contributed by atoms with E-state index >= 15 is 0 Å². The summed E-state index contributed by atoms with van der Waals surface area (Å²) in [5.74, 6) is -1.33. The van der Waals surface area contributed by atoms with Gasteiger partial charge in [-0.15, -0.1) is 0 Å². The van der Waals surface area contributed by atoms with Crippen LogP contribution in [-0.4, -0.2) is 76.0 Å². The van der Waals surface area contributed by atoms with E-state index < -0.39 is 35.8 Å². The van der Waals surface area contributed by atoms with Gasteiger partial charge in [0, 0.05) is 37.9 Å². The molecule has 4 bridgehead atoms. The number of carbonyl (C=O) groups excluding carboxylic acids is 4. The maximum Gasteiger partial charge on any atom is 0.255 e. The molecule has 3 aliphatic heterocycles. The Bertz CT molecular complexity index is 1560. The van der Waals surface area contributed by atoms with Crippen LogP contribution in [0.1, 0.15) is 49.5 Å². The van der Waals surface area contributed by atoms with Crippen LogP contribution in [-0.2, 0) is 20.8 Å². The number of aromatic hydroxyl groups is 1. The number of nitrogens with one attached hydrogen (secondary N) is 4. The average molecular weight is 630 g/mol. The third-order valence-electron chi connectivity index (χ3n) is 8.11. The van der Waals surface area contributed by atoms with Crippen LogP contribution in [0.15, 0.2) is 60.9 Å². The van der Waals surface area contributed by atoms with Crippen molar-refractivity contribution in [3.8, 4) is 17.2 Å². The van der Waals surface area contributed by atoms with Crippen molar-refractivity contribution in [3.05, 3.63) is 72.1 Å². The first-order valence-electron chi connectivity index (χ1n) is 15.4. The fraction of sp³-hybridized carbons (Fsp3) is 0.394. The number of aromatic nitrogens is 2. The maximum atomic E-state index is 13.6. The van der Waals surface area contributed by atoms with Crippen LogP contribution in [0.4, 0.5) is 5.95 Å². The molecule has 3 aliphatic rings. The molecule has 1 fully saturated rings. The lowest BCUT2D eigenvalue weighted by atomic mass is 10.0. The van der Waals surface area contributed by atoms with E-state index in [0.29, 0.717) is 43.4 Å². The SMILES string of the molecule is CC(C)[C@@H]1NC(=O)c2cc(ccc2O)Oc2ccc(cc2)C[C@@H](C(=O)NC2CCN(c3ncccn3)CC2)NC(=O)[C@H](C)NC1=O. The van der Waals surface area contributed by atoms with Crippen molar-refractivity contribution in [3.63, 3.8) is 0 Å². The molecular weight excluding hydrogens is 590 g/mol. The van der Waals surface area contributed by atoms with Crippen molar-refractivity contribution in [1.82, 2.24) is 31.2 Å². The summed E-state index contributed by atoms with van der Waals surface area (Å²) in [4.78, 5) is 64.1. The second kappa shape index (κ2) is 14.3. The van der Waals surface area contributed by atoms with Gasteiger partial charge in [-0.1, -0.05) is 26.0 Å². The van der Waals surface area contributed by atoms with Crippen LogP contribution in [0.5, 0.6) is 17.2 Å². The molecule has 0 unspecified atom stereocenters. The van der Waals surface area contributed by atoms with Crippen LogP contribution >= 0.6 is 0 Å². The third-order valence-corrected chi connectivity index (χ3v) is 8.11. The number of phenols is 1. The zero-order valence-electron chi connectivity index (χ0n) is 26.0. The summed E-state index contributed by atoms with van der Waals surface area (Å²) < 4.78 is 5.93. The molecule has 4 amide bonds. The van der Waals surface area contributed by atoms with Gasteiger partial charge in [0.15, 0.2) is 0 Å². The van der Waals surface area contributed by atoms with Gasteiger partial charge in [0.2, 0.25) is 23.7 Å². The van der Waals surface area contributed by atoms with Crippen molar-refractivity contribution in [1.29, 1.82) is 0 Å². The molecule has 1 aromatic heterocycles. The van der Waals surface area contributed by atoms with E-state index in [1.165, 1.54) is 25.1 Å². The molecule has 46 heavy (non-hydrogen) atoms. The topological polar surface area (TPSA) is 175 Å². The number of fused-ring (bicyclic) bond motifs is 11. The van der Waals surface area contributed by atoms with Gasteiger partial charge in [-0.05, 0) is 67.6 Å². The minimum absolute atomic E-state index is 0.0626. The number of ether oxygens (including phenoxy) is 1. The lowest BCUT2D eigenvalue weighted by Crippen LogP contribution is -2.58. The molecule has 0 spiro atoms. The highest BCUT2D eigenvalue weighted by Crippen LogP contribution is 2.28. The molecular formula is C33H39N7O6. The number of nitrogens with zero attached hydrogens (tertiary/aromatic N) is 3. The van der Waals surface area contributed by atoms with E-state index in [-0.39, 0.29) is 35.6 Å². The van der Waals surface area contributed by atoms with Crippen LogP contribution in [0.25, 0.3) is 0 Å². The number of rotatable bonds is 4. The number of carbonyl (C=O) groups is 4. The highest BCUT2D eigenvalue weighted by atomic mass is 16.5. The smallest absolute Gasteiger partial charge is 0.255 e. The standard InChI is InChI=1S/C33H39N7O6/c1-19(2)28-32(45)36-20(3)29(42)38-26(31(44)37-22-11-15-40(16-12-22)33-34-13-4-14-35-33)17-21-5-7-23(8-6-21)46-24-9-10-27(41)25(18-24)30(43)39-28/h4-10,13-14,18-20,22,26,28,41H,11-12,15-17H2,1-3H3,(H,36,45)(H,37,44)(H,38,42)(H,39,43)/t20-,26-,28-/m0/s1. The van der Waals surface area contributed by atoms with Gasteiger partial charge in [0.1, 0.15) is 35.4 Å². The number of amides is 4. The first-order valence-corrected chi connectivity index (χ1v) is 15.4. The van der Waals surface area contributed by atoms with E-state index in [9.17, 15) is 24.3 Å². The molecule has 13 nitrogen and oxygen atoms in total. The molecule has 2 aromatic carbocycles. The fourth-order valence-electron chi connectivity index (χ4n) is 5.43. The molecule has 3 atom stereocenters. The Morgan fingerprint density at radius 1 is 0.957 bits per heavy atom. The number of phenolic OH excluding ortho intramolecular Hbond substituents is 1.